The normalized spacial score (nSPS) is 23.5. The van der Waals surface area contributed by atoms with Gasteiger partial charge in [0.05, 0.1) is 0 Å². The first-order valence-electron chi connectivity index (χ1n) is 6.35. The summed E-state index contributed by atoms with van der Waals surface area (Å²) >= 11 is 0. The minimum atomic E-state index is -0.344. The van der Waals surface area contributed by atoms with Crippen molar-refractivity contribution in [1.82, 2.24) is 5.32 Å². The lowest BCUT2D eigenvalue weighted by molar-refractivity contribution is 0.170. The Kier molecular flexibility index (Phi) is 4.11. The van der Waals surface area contributed by atoms with Crippen LogP contribution in [0, 0.1) is 23.5 Å². The summed E-state index contributed by atoms with van der Waals surface area (Å²) in [6, 6.07) is 3.73. The quantitative estimate of drug-likeness (QED) is 0.832. The van der Waals surface area contributed by atoms with Crippen LogP contribution in [0.4, 0.5) is 8.78 Å². The fraction of sp³-hybridized carbons (Fsp3) is 0.571. The van der Waals surface area contributed by atoms with Crippen LogP contribution < -0.4 is 5.32 Å². The Hall–Kier alpha value is -0.960. The molecule has 0 saturated heterocycles. The molecule has 1 aromatic carbocycles. The van der Waals surface area contributed by atoms with Gasteiger partial charge in [-0.25, -0.2) is 8.78 Å². The molecule has 0 heterocycles. The van der Waals surface area contributed by atoms with Crippen molar-refractivity contribution >= 4 is 0 Å². The van der Waals surface area contributed by atoms with Gasteiger partial charge in [0.1, 0.15) is 11.6 Å². The molecule has 0 amide bonds. The molecule has 0 aliphatic heterocycles. The lowest BCUT2D eigenvalue weighted by Crippen LogP contribution is -2.36. The molecule has 17 heavy (non-hydrogen) atoms. The van der Waals surface area contributed by atoms with Crippen molar-refractivity contribution in [1.29, 1.82) is 0 Å². The van der Waals surface area contributed by atoms with Crippen LogP contribution in [0.1, 0.15) is 25.3 Å². The van der Waals surface area contributed by atoms with Crippen LogP contribution in [-0.4, -0.2) is 13.1 Å². The van der Waals surface area contributed by atoms with Crippen molar-refractivity contribution in [2.24, 2.45) is 11.8 Å². The number of halogens is 2. The Balaban J connectivity index is 1.94. The molecule has 0 radical (unpaired) electrons. The van der Waals surface area contributed by atoms with E-state index in [2.05, 4.69) is 12.2 Å². The van der Waals surface area contributed by atoms with Gasteiger partial charge < -0.3 is 5.32 Å². The number of rotatable bonds is 5. The maximum absolute atomic E-state index is 13.5. The van der Waals surface area contributed by atoms with E-state index in [-0.39, 0.29) is 11.6 Å². The van der Waals surface area contributed by atoms with E-state index in [9.17, 15) is 8.78 Å². The Morgan fingerprint density at radius 1 is 1.24 bits per heavy atom. The molecule has 1 N–H and O–H groups in total. The molecule has 2 atom stereocenters. The second kappa shape index (κ2) is 5.58. The van der Waals surface area contributed by atoms with Crippen molar-refractivity contribution in [3.05, 3.63) is 35.4 Å². The maximum atomic E-state index is 13.5. The first-order valence-corrected chi connectivity index (χ1v) is 6.35. The lowest BCUT2D eigenvalue weighted by Gasteiger charge is -2.37. The second-order valence-electron chi connectivity index (χ2n) is 4.85. The van der Waals surface area contributed by atoms with Crippen LogP contribution in [0.5, 0.6) is 0 Å². The van der Waals surface area contributed by atoms with Gasteiger partial charge in [0, 0.05) is 0 Å². The molecule has 0 spiro atoms. The molecule has 1 aliphatic carbocycles. The van der Waals surface area contributed by atoms with Gasteiger partial charge in [-0.1, -0.05) is 6.92 Å². The molecule has 1 nitrogen and oxygen atoms in total. The highest BCUT2D eigenvalue weighted by atomic mass is 19.1. The molecule has 1 aliphatic rings. The molecule has 1 fully saturated rings. The summed E-state index contributed by atoms with van der Waals surface area (Å²) in [5, 5.41) is 3.32. The Morgan fingerprint density at radius 3 is 2.65 bits per heavy atom. The smallest absolute Gasteiger partial charge is 0.126 e. The third kappa shape index (κ3) is 3.03. The lowest BCUT2D eigenvalue weighted by atomic mass is 9.70. The fourth-order valence-corrected chi connectivity index (χ4v) is 2.49. The van der Waals surface area contributed by atoms with Gasteiger partial charge in [0.25, 0.3) is 0 Å². The first kappa shape index (κ1) is 12.5. The van der Waals surface area contributed by atoms with E-state index in [1.807, 2.05) is 0 Å². The van der Waals surface area contributed by atoms with E-state index in [1.165, 1.54) is 24.6 Å². The van der Waals surface area contributed by atoms with Gasteiger partial charge in [0.15, 0.2) is 0 Å². The molecule has 3 heteroatoms. The number of nitrogens with one attached hydrogen (secondary N) is 1. The highest BCUT2D eigenvalue weighted by molar-refractivity contribution is 5.19. The van der Waals surface area contributed by atoms with E-state index >= 15 is 0 Å². The Morgan fingerprint density at radius 2 is 2.00 bits per heavy atom. The van der Waals surface area contributed by atoms with Gasteiger partial charge in [-0.3, -0.25) is 0 Å². The maximum Gasteiger partial charge on any atom is 0.126 e. The second-order valence-corrected chi connectivity index (χ2v) is 4.85. The molecule has 94 valence electrons. The summed E-state index contributed by atoms with van der Waals surface area (Å²) in [5.41, 5.74) is 0.524. The number of hydrogen-bond donors (Lipinski definition) is 1. The van der Waals surface area contributed by atoms with Crippen LogP contribution in [0.15, 0.2) is 18.2 Å². The summed E-state index contributed by atoms with van der Waals surface area (Å²) in [6.45, 7) is 4.05. The number of benzene rings is 1. The third-order valence-electron chi connectivity index (χ3n) is 3.72. The van der Waals surface area contributed by atoms with E-state index in [0.717, 1.165) is 19.5 Å². The SMILES string of the molecule is CCNCC1CCC1Cc1cc(F)ccc1F. The summed E-state index contributed by atoms with van der Waals surface area (Å²) < 4.78 is 26.5. The van der Waals surface area contributed by atoms with E-state index in [0.29, 0.717) is 23.8 Å². The van der Waals surface area contributed by atoms with Crippen LogP contribution >= 0.6 is 0 Å². The van der Waals surface area contributed by atoms with Gasteiger partial charge in [-0.2, -0.15) is 0 Å². The number of hydrogen-bond acceptors (Lipinski definition) is 1. The van der Waals surface area contributed by atoms with Crippen LogP contribution in [0.25, 0.3) is 0 Å². The van der Waals surface area contributed by atoms with Gasteiger partial charge in [0.2, 0.25) is 0 Å². The van der Waals surface area contributed by atoms with Crippen molar-refractivity contribution in [3.63, 3.8) is 0 Å². The van der Waals surface area contributed by atoms with Gasteiger partial charge >= 0.3 is 0 Å². The zero-order valence-electron chi connectivity index (χ0n) is 10.2. The van der Waals surface area contributed by atoms with Gasteiger partial charge in [-0.05, 0) is 68.0 Å². The largest absolute Gasteiger partial charge is 0.317 e. The summed E-state index contributed by atoms with van der Waals surface area (Å²) in [6.07, 6.45) is 3.00. The van der Waals surface area contributed by atoms with Crippen LogP contribution in [0.3, 0.4) is 0 Å². The molecule has 2 unspecified atom stereocenters. The minimum absolute atomic E-state index is 0.277. The summed E-state index contributed by atoms with van der Waals surface area (Å²) in [7, 11) is 0. The molecule has 1 saturated carbocycles. The topological polar surface area (TPSA) is 12.0 Å². The van der Waals surface area contributed by atoms with Crippen molar-refractivity contribution in [3.8, 4) is 0 Å². The fourth-order valence-electron chi connectivity index (χ4n) is 2.49. The minimum Gasteiger partial charge on any atom is -0.317 e. The third-order valence-corrected chi connectivity index (χ3v) is 3.72. The zero-order chi connectivity index (χ0) is 12.3. The molecule has 1 aromatic rings. The summed E-state index contributed by atoms with van der Waals surface area (Å²) in [4.78, 5) is 0. The highest BCUT2D eigenvalue weighted by Crippen LogP contribution is 2.36. The predicted molar refractivity (Wildman–Crippen MR) is 64.8 cm³/mol. The first-order chi connectivity index (χ1) is 8.20. The average molecular weight is 239 g/mol. The molecule has 2 rings (SSSR count). The predicted octanol–water partition coefficient (Wildman–Crippen LogP) is 3.14. The van der Waals surface area contributed by atoms with Gasteiger partial charge in [-0.15, -0.1) is 0 Å². The van der Waals surface area contributed by atoms with Crippen molar-refractivity contribution in [2.75, 3.05) is 13.1 Å². The van der Waals surface area contributed by atoms with Crippen LogP contribution in [-0.2, 0) is 6.42 Å². The zero-order valence-corrected chi connectivity index (χ0v) is 10.2. The molecule has 0 bridgehead atoms. The monoisotopic (exact) mass is 239 g/mol. The van der Waals surface area contributed by atoms with E-state index in [4.69, 9.17) is 0 Å². The van der Waals surface area contributed by atoms with Crippen molar-refractivity contribution in [2.45, 2.75) is 26.2 Å². The Bertz CT molecular complexity index is 378. The molecular formula is C14H19F2N. The molecule has 0 aromatic heterocycles. The van der Waals surface area contributed by atoms with E-state index in [1.54, 1.807) is 0 Å². The highest BCUT2D eigenvalue weighted by Gasteiger charge is 2.30. The van der Waals surface area contributed by atoms with E-state index < -0.39 is 0 Å². The van der Waals surface area contributed by atoms with Crippen molar-refractivity contribution < 1.29 is 8.78 Å². The Labute approximate surface area is 101 Å². The average Bonchev–Trinajstić information content (AvgIpc) is 2.29. The standard InChI is InChI=1S/C14H19F2N/c1-2-17-9-11-4-3-10(11)7-12-8-13(15)5-6-14(12)16/h5-6,8,10-11,17H,2-4,7,9H2,1H3. The summed E-state index contributed by atoms with van der Waals surface area (Å²) in [5.74, 6) is 0.507. The molecular weight excluding hydrogens is 220 g/mol. The van der Waals surface area contributed by atoms with Crippen LogP contribution in [0.2, 0.25) is 0 Å².